The van der Waals surface area contributed by atoms with E-state index in [1.807, 2.05) is 10.9 Å². The van der Waals surface area contributed by atoms with E-state index in [0.29, 0.717) is 0 Å². The zero-order valence-corrected chi connectivity index (χ0v) is 7.45. The van der Waals surface area contributed by atoms with Crippen molar-refractivity contribution in [2.75, 3.05) is 6.54 Å². The highest BCUT2D eigenvalue weighted by molar-refractivity contribution is 4.99. The first kappa shape index (κ1) is 7.80. The number of aromatic nitrogens is 2. The molecule has 12 heavy (non-hydrogen) atoms. The molecule has 1 fully saturated rings. The normalized spacial score (nSPS) is 16.8. The van der Waals surface area contributed by atoms with Gasteiger partial charge in [-0.25, -0.2) is 0 Å². The summed E-state index contributed by atoms with van der Waals surface area (Å²) in [5.74, 6) is 0. The van der Waals surface area contributed by atoms with E-state index in [4.69, 9.17) is 0 Å². The summed E-state index contributed by atoms with van der Waals surface area (Å²) < 4.78 is 1.99. The number of hydrogen-bond donors (Lipinski definition) is 1. The van der Waals surface area contributed by atoms with E-state index >= 15 is 0 Å². The van der Waals surface area contributed by atoms with E-state index in [9.17, 15) is 0 Å². The highest BCUT2D eigenvalue weighted by Crippen LogP contribution is 2.17. The molecule has 0 unspecified atom stereocenters. The van der Waals surface area contributed by atoms with Crippen molar-refractivity contribution in [1.29, 1.82) is 0 Å². The Hall–Kier alpha value is -0.830. The highest BCUT2D eigenvalue weighted by atomic mass is 15.3. The number of aryl methyl sites for hydroxylation is 1. The van der Waals surface area contributed by atoms with Gasteiger partial charge in [0.15, 0.2) is 0 Å². The second-order valence-corrected chi connectivity index (χ2v) is 3.51. The van der Waals surface area contributed by atoms with E-state index in [-0.39, 0.29) is 0 Å². The monoisotopic (exact) mass is 165 g/mol. The third-order valence-electron chi connectivity index (χ3n) is 2.11. The van der Waals surface area contributed by atoms with E-state index in [1.165, 1.54) is 18.4 Å². The Morgan fingerprint density at radius 2 is 2.50 bits per heavy atom. The van der Waals surface area contributed by atoms with E-state index < -0.39 is 0 Å². The van der Waals surface area contributed by atoms with Crippen LogP contribution in [0.25, 0.3) is 0 Å². The van der Waals surface area contributed by atoms with Crippen molar-refractivity contribution in [3.8, 4) is 0 Å². The second-order valence-electron chi connectivity index (χ2n) is 3.51. The zero-order chi connectivity index (χ0) is 8.39. The van der Waals surface area contributed by atoms with E-state index in [2.05, 4.69) is 23.5 Å². The first-order chi connectivity index (χ1) is 5.84. The van der Waals surface area contributed by atoms with Gasteiger partial charge in [0, 0.05) is 18.8 Å². The summed E-state index contributed by atoms with van der Waals surface area (Å²) in [5, 5.41) is 7.66. The molecule has 0 spiro atoms. The summed E-state index contributed by atoms with van der Waals surface area (Å²) >= 11 is 0. The minimum atomic E-state index is 0.807. The molecular weight excluding hydrogens is 150 g/mol. The van der Waals surface area contributed by atoms with Gasteiger partial charge in [-0.3, -0.25) is 4.68 Å². The maximum absolute atomic E-state index is 4.21. The van der Waals surface area contributed by atoms with Gasteiger partial charge in [0.25, 0.3) is 0 Å². The van der Waals surface area contributed by atoms with Gasteiger partial charge in [0.05, 0.1) is 12.7 Å². The molecule has 1 N–H and O–H groups in total. The van der Waals surface area contributed by atoms with Crippen LogP contribution in [0, 0.1) is 6.92 Å². The van der Waals surface area contributed by atoms with Gasteiger partial charge in [0.1, 0.15) is 0 Å². The van der Waals surface area contributed by atoms with Gasteiger partial charge in [-0.1, -0.05) is 0 Å². The van der Waals surface area contributed by atoms with Gasteiger partial charge in [-0.2, -0.15) is 5.10 Å². The Morgan fingerprint density at radius 1 is 1.67 bits per heavy atom. The molecule has 1 saturated carbocycles. The smallest absolute Gasteiger partial charge is 0.0534 e. The van der Waals surface area contributed by atoms with Crippen LogP contribution in [0.5, 0.6) is 0 Å². The molecule has 0 aromatic carbocycles. The Bertz CT molecular complexity index is 250. The number of hydrogen-bond acceptors (Lipinski definition) is 2. The molecule has 1 aromatic heterocycles. The average molecular weight is 165 g/mol. The lowest BCUT2D eigenvalue weighted by Crippen LogP contribution is -2.21. The lowest BCUT2D eigenvalue weighted by molar-refractivity contribution is 0.553. The van der Waals surface area contributed by atoms with E-state index in [1.54, 1.807) is 0 Å². The third kappa shape index (κ3) is 2.08. The summed E-state index contributed by atoms with van der Waals surface area (Å²) in [5.41, 5.74) is 1.24. The second kappa shape index (κ2) is 3.27. The Balaban J connectivity index is 1.71. The molecule has 2 rings (SSSR count). The van der Waals surface area contributed by atoms with Gasteiger partial charge in [0.2, 0.25) is 0 Å². The molecular formula is C9H15N3. The van der Waals surface area contributed by atoms with Crippen LogP contribution >= 0.6 is 0 Å². The van der Waals surface area contributed by atoms with E-state index in [0.717, 1.165) is 19.1 Å². The molecule has 3 nitrogen and oxygen atoms in total. The van der Waals surface area contributed by atoms with Crippen LogP contribution in [0.3, 0.4) is 0 Å². The van der Waals surface area contributed by atoms with Gasteiger partial charge >= 0.3 is 0 Å². The molecule has 1 aromatic rings. The standard InChI is InChI=1S/C9H15N3/c1-8-6-11-12(7-8)5-4-10-9-2-3-9/h6-7,9-10H,2-5H2,1H3. The van der Waals surface area contributed by atoms with Crippen LogP contribution in [-0.4, -0.2) is 22.4 Å². The zero-order valence-electron chi connectivity index (χ0n) is 7.45. The minimum absolute atomic E-state index is 0.807. The molecule has 0 bridgehead atoms. The van der Waals surface area contributed by atoms with Crippen molar-refractivity contribution in [1.82, 2.24) is 15.1 Å². The quantitative estimate of drug-likeness (QED) is 0.719. The van der Waals surface area contributed by atoms with Crippen LogP contribution in [0.4, 0.5) is 0 Å². The predicted octanol–water partition coefficient (Wildman–Crippen LogP) is 0.944. The van der Waals surface area contributed by atoms with Crippen molar-refractivity contribution >= 4 is 0 Å². The topological polar surface area (TPSA) is 29.9 Å². The Kier molecular flexibility index (Phi) is 2.13. The van der Waals surface area contributed by atoms with Crippen LogP contribution in [0.2, 0.25) is 0 Å². The van der Waals surface area contributed by atoms with Crippen LogP contribution in [0.1, 0.15) is 18.4 Å². The predicted molar refractivity (Wildman–Crippen MR) is 48.0 cm³/mol. The number of rotatable bonds is 4. The summed E-state index contributed by atoms with van der Waals surface area (Å²) in [6.45, 7) is 4.11. The van der Waals surface area contributed by atoms with Gasteiger partial charge in [-0.05, 0) is 25.3 Å². The molecule has 3 heteroatoms. The highest BCUT2D eigenvalue weighted by Gasteiger charge is 2.19. The SMILES string of the molecule is Cc1cnn(CCNC2CC2)c1. The molecule has 1 heterocycles. The number of nitrogens with zero attached hydrogens (tertiary/aromatic N) is 2. The fraction of sp³-hybridized carbons (Fsp3) is 0.667. The average Bonchev–Trinajstić information content (AvgIpc) is 2.76. The summed E-state index contributed by atoms with van der Waals surface area (Å²) in [7, 11) is 0. The third-order valence-corrected chi connectivity index (χ3v) is 2.11. The van der Waals surface area contributed by atoms with Crippen LogP contribution in [0.15, 0.2) is 12.4 Å². The molecule has 0 saturated heterocycles. The van der Waals surface area contributed by atoms with Crippen molar-refractivity contribution in [2.45, 2.75) is 32.4 Å². The largest absolute Gasteiger partial charge is 0.312 e. The fourth-order valence-electron chi connectivity index (χ4n) is 1.26. The Morgan fingerprint density at radius 3 is 3.08 bits per heavy atom. The molecule has 0 atom stereocenters. The van der Waals surface area contributed by atoms with Crippen LogP contribution < -0.4 is 5.32 Å². The maximum atomic E-state index is 4.21. The lowest BCUT2D eigenvalue weighted by atomic mass is 10.4. The molecule has 0 amide bonds. The van der Waals surface area contributed by atoms with Gasteiger partial charge < -0.3 is 5.32 Å². The molecule has 0 aliphatic heterocycles. The summed E-state index contributed by atoms with van der Waals surface area (Å²) in [6, 6.07) is 0.807. The van der Waals surface area contributed by atoms with Crippen molar-refractivity contribution in [2.24, 2.45) is 0 Å². The van der Waals surface area contributed by atoms with Crippen molar-refractivity contribution in [3.05, 3.63) is 18.0 Å². The Labute approximate surface area is 72.8 Å². The molecule has 1 aliphatic carbocycles. The molecule has 0 radical (unpaired) electrons. The summed E-state index contributed by atoms with van der Waals surface area (Å²) in [4.78, 5) is 0. The fourth-order valence-corrected chi connectivity index (χ4v) is 1.26. The van der Waals surface area contributed by atoms with Crippen molar-refractivity contribution < 1.29 is 0 Å². The number of nitrogens with one attached hydrogen (secondary N) is 1. The van der Waals surface area contributed by atoms with Gasteiger partial charge in [-0.15, -0.1) is 0 Å². The first-order valence-corrected chi connectivity index (χ1v) is 4.57. The van der Waals surface area contributed by atoms with Crippen molar-refractivity contribution in [3.63, 3.8) is 0 Å². The minimum Gasteiger partial charge on any atom is -0.312 e. The molecule has 66 valence electrons. The summed E-state index contributed by atoms with van der Waals surface area (Å²) in [6.07, 6.45) is 6.70. The maximum Gasteiger partial charge on any atom is 0.0534 e. The molecule has 1 aliphatic rings. The van der Waals surface area contributed by atoms with Crippen LogP contribution in [-0.2, 0) is 6.54 Å². The lowest BCUT2D eigenvalue weighted by Gasteiger charge is -2.01. The first-order valence-electron chi connectivity index (χ1n) is 4.57.